The molecule has 2 rings (SSSR count). The number of amides is 1. The number of carbonyl (C=O) groups excluding carboxylic acids is 1. The van der Waals surface area contributed by atoms with Crippen molar-refractivity contribution >= 4 is 11.6 Å². The van der Waals surface area contributed by atoms with Gasteiger partial charge in [0.2, 0.25) is 0 Å². The summed E-state index contributed by atoms with van der Waals surface area (Å²) in [7, 11) is 0. The van der Waals surface area contributed by atoms with Crippen LogP contribution in [0.2, 0.25) is 0 Å². The number of hydrogen-bond donors (Lipinski definition) is 2. The van der Waals surface area contributed by atoms with Gasteiger partial charge in [0, 0.05) is 5.69 Å². The van der Waals surface area contributed by atoms with Crippen molar-refractivity contribution in [2.24, 2.45) is 0 Å². The van der Waals surface area contributed by atoms with Crippen LogP contribution in [0.3, 0.4) is 0 Å². The van der Waals surface area contributed by atoms with Gasteiger partial charge in [0.05, 0.1) is 12.1 Å². The molecule has 0 heterocycles. The molecular weight excluding hydrogens is 271 g/mol. The highest BCUT2D eigenvalue weighted by Gasteiger charge is 2.09. The predicted octanol–water partition coefficient (Wildman–Crippen LogP) is 2.53. The second-order valence-corrected chi connectivity index (χ2v) is 4.60. The lowest BCUT2D eigenvalue weighted by molar-refractivity contribution is 0.0943. The average Bonchev–Trinajstić information content (AvgIpc) is 2.47. The molecule has 2 aromatic rings. The first-order valence-electron chi connectivity index (χ1n) is 6.59. The van der Waals surface area contributed by atoms with Crippen molar-refractivity contribution in [1.82, 2.24) is 5.32 Å². The molecule has 1 amide bonds. The van der Waals surface area contributed by atoms with E-state index in [0.717, 1.165) is 5.56 Å². The van der Waals surface area contributed by atoms with Gasteiger partial charge < -0.3 is 15.8 Å². The number of anilines is 1. The fourth-order valence-electron chi connectivity index (χ4n) is 1.81. The fourth-order valence-corrected chi connectivity index (χ4v) is 1.81. The Morgan fingerprint density at radius 1 is 1.29 bits per heavy atom. The predicted molar refractivity (Wildman–Crippen MR) is 79.8 cm³/mol. The number of aryl methyl sites for hydroxylation is 1. The minimum Gasteiger partial charge on any atom is -0.492 e. The maximum atomic E-state index is 13.4. The smallest absolute Gasteiger partial charge is 0.254 e. The van der Waals surface area contributed by atoms with Crippen molar-refractivity contribution in [2.75, 3.05) is 18.9 Å². The van der Waals surface area contributed by atoms with E-state index in [4.69, 9.17) is 10.5 Å². The minimum atomic E-state index is -0.537. The van der Waals surface area contributed by atoms with Crippen LogP contribution < -0.4 is 15.8 Å². The van der Waals surface area contributed by atoms with E-state index in [1.165, 1.54) is 12.1 Å². The standard InChI is InChI=1S/C16H17FN2O2/c1-11-10-12(6-7-15(11)18)21-9-8-19-16(20)13-4-2-3-5-14(13)17/h2-7,10H,8-9,18H2,1H3,(H,19,20). The zero-order valence-corrected chi connectivity index (χ0v) is 11.7. The summed E-state index contributed by atoms with van der Waals surface area (Å²) in [6, 6.07) is 11.2. The second-order valence-electron chi connectivity index (χ2n) is 4.60. The van der Waals surface area contributed by atoms with E-state index in [1.807, 2.05) is 13.0 Å². The molecule has 0 radical (unpaired) electrons. The van der Waals surface area contributed by atoms with Crippen molar-refractivity contribution in [2.45, 2.75) is 6.92 Å². The molecule has 0 aliphatic carbocycles. The number of nitrogen functional groups attached to an aromatic ring is 1. The fraction of sp³-hybridized carbons (Fsp3) is 0.188. The van der Waals surface area contributed by atoms with E-state index in [9.17, 15) is 9.18 Å². The molecule has 0 aliphatic rings. The molecule has 2 aromatic carbocycles. The van der Waals surface area contributed by atoms with Gasteiger partial charge in [-0.15, -0.1) is 0 Å². The Morgan fingerprint density at radius 3 is 2.76 bits per heavy atom. The summed E-state index contributed by atoms with van der Waals surface area (Å²) in [6.45, 7) is 2.47. The van der Waals surface area contributed by atoms with Crippen LogP contribution in [-0.2, 0) is 0 Å². The van der Waals surface area contributed by atoms with E-state index >= 15 is 0 Å². The second kappa shape index (κ2) is 6.74. The van der Waals surface area contributed by atoms with Crippen LogP contribution in [0.25, 0.3) is 0 Å². The van der Waals surface area contributed by atoms with E-state index < -0.39 is 11.7 Å². The van der Waals surface area contributed by atoms with Crippen LogP contribution >= 0.6 is 0 Å². The van der Waals surface area contributed by atoms with Crippen LogP contribution in [0.1, 0.15) is 15.9 Å². The summed E-state index contributed by atoms with van der Waals surface area (Å²) in [6.07, 6.45) is 0. The number of rotatable bonds is 5. The summed E-state index contributed by atoms with van der Waals surface area (Å²) in [5, 5.41) is 2.61. The summed E-state index contributed by atoms with van der Waals surface area (Å²) < 4.78 is 18.9. The average molecular weight is 288 g/mol. The van der Waals surface area contributed by atoms with Gasteiger partial charge in [0.1, 0.15) is 18.2 Å². The molecule has 0 bridgehead atoms. The molecule has 21 heavy (non-hydrogen) atoms. The minimum absolute atomic E-state index is 0.0285. The van der Waals surface area contributed by atoms with Gasteiger partial charge in [-0.1, -0.05) is 12.1 Å². The van der Waals surface area contributed by atoms with E-state index in [0.29, 0.717) is 18.0 Å². The van der Waals surface area contributed by atoms with Crippen LogP contribution in [-0.4, -0.2) is 19.1 Å². The van der Waals surface area contributed by atoms with Crippen LogP contribution in [0.5, 0.6) is 5.75 Å². The largest absolute Gasteiger partial charge is 0.492 e. The zero-order chi connectivity index (χ0) is 15.2. The van der Waals surface area contributed by atoms with E-state index in [1.54, 1.807) is 24.3 Å². The number of benzene rings is 2. The molecular formula is C16H17FN2O2. The molecule has 0 saturated carbocycles. The summed E-state index contributed by atoms with van der Waals surface area (Å²) >= 11 is 0. The third-order valence-corrected chi connectivity index (χ3v) is 3.02. The maximum absolute atomic E-state index is 13.4. The molecule has 0 saturated heterocycles. The van der Waals surface area contributed by atoms with Gasteiger partial charge >= 0.3 is 0 Å². The number of nitrogens with one attached hydrogen (secondary N) is 1. The van der Waals surface area contributed by atoms with E-state index in [2.05, 4.69) is 5.32 Å². The zero-order valence-electron chi connectivity index (χ0n) is 11.7. The molecule has 0 aliphatic heterocycles. The quantitative estimate of drug-likeness (QED) is 0.656. The Balaban J connectivity index is 1.81. The highest BCUT2D eigenvalue weighted by atomic mass is 19.1. The number of hydrogen-bond acceptors (Lipinski definition) is 3. The normalized spacial score (nSPS) is 10.2. The lowest BCUT2D eigenvalue weighted by atomic mass is 10.2. The molecule has 5 heteroatoms. The van der Waals surface area contributed by atoms with Crippen LogP contribution in [0, 0.1) is 12.7 Å². The Kier molecular flexibility index (Phi) is 4.77. The van der Waals surface area contributed by atoms with Crippen LogP contribution in [0.15, 0.2) is 42.5 Å². The van der Waals surface area contributed by atoms with Crippen molar-refractivity contribution < 1.29 is 13.9 Å². The Hall–Kier alpha value is -2.56. The van der Waals surface area contributed by atoms with Crippen LogP contribution in [0.4, 0.5) is 10.1 Å². The number of carbonyl (C=O) groups is 1. The first-order chi connectivity index (χ1) is 10.1. The van der Waals surface area contributed by atoms with E-state index in [-0.39, 0.29) is 12.1 Å². The molecule has 0 spiro atoms. The number of halogens is 1. The van der Waals surface area contributed by atoms with Gasteiger partial charge in [-0.2, -0.15) is 0 Å². The topological polar surface area (TPSA) is 64.3 Å². The van der Waals surface area contributed by atoms with Crippen molar-refractivity contribution in [3.05, 3.63) is 59.4 Å². The van der Waals surface area contributed by atoms with Gasteiger partial charge in [-0.25, -0.2) is 4.39 Å². The highest BCUT2D eigenvalue weighted by molar-refractivity contribution is 5.94. The molecule has 0 fully saturated rings. The van der Waals surface area contributed by atoms with Crippen molar-refractivity contribution in [3.8, 4) is 5.75 Å². The van der Waals surface area contributed by atoms with Crippen molar-refractivity contribution in [3.63, 3.8) is 0 Å². The molecule has 0 aromatic heterocycles. The van der Waals surface area contributed by atoms with Gasteiger partial charge in [0.15, 0.2) is 0 Å². The highest BCUT2D eigenvalue weighted by Crippen LogP contribution is 2.18. The molecule has 3 N–H and O–H groups in total. The van der Waals surface area contributed by atoms with Gasteiger partial charge in [-0.05, 0) is 42.8 Å². The molecule has 4 nitrogen and oxygen atoms in total. The summed E-state index contributed by atoms with van der Waals surface area (Å²) in [4.78, 5) is 11.8. The SMILES string of the molecule is Cc1cc(OCCNC(=O)c2ccccc2F)ccc1N. The first kappa shape index (κ1) is 14.8. The van der Waals surface area contributed by atoms with Gasteiger partial charge in [-0.3, -0.25) is 4.79 Å². The Labute approximate surface area is 122 Å². The maximum Gasteiger partial charge on any atom is 0.254 e. The van der Waals surface area contributed by atoms with Crippen molar-refractivity contribution in [1.29, 1.82) is 0 Å². The Bertz CT molecular complexity index is 644. The number of nitrogens with two attached hydrogens (primary N) is 1. The third-order valence-electron chi connectivity index (χ3n) is 3.02. The molecule has 0 unspecified atom stereocenters. The molecule has 0 atom stereocenters. The monoisotopic (exact) mass is 288 g/mol. The first-order valence-corrected chi connectivity index (χ1v) is 6.59. The number of ether oxygens (including phenoxy) is 1. The Morgan fingerprint density at radius 2 is 2.05 bits per heavy atom. The van der Waals surface area contributed by atoms with Gasteiger partial charge in [0.25, 0.3) is 5.91 Å². The lowest BCUT2D eigenvalue weighted by Crippen LogP contribution is -2.28. The summed E-state index contributed by atoms with van der Waals surface area (Å²) in [5.41, 5.74) is 7.38. The lowest BCUT2D eigenvalue weighted by Gasteiger charge is -2.09. The third kappa shape index (κ3) is 3.95. The molecule has 110 valence electrons. The summed E-state index contributed by atoms with van der Waals surface area (Å²) in [5.74, 6) is -0.308.